The van der Waals surface area contributed by atoms with Crippen LogP contribution in [0.25, 0.3) is 10.9 Å². The summed E-state index contributed by atoms with van der Waals surface area (Å²) in [5, 5.41) is 9.09. The first-order valence-corrected chi connectivity index (χ1v) is 6.07. The molecule has 0 aliphatic heterocycles. The highest BCUT2D eigenvalue weighted by Gasteiger charge is 2.22. The standard InChI is InChI=1S/C12H9BrFNO3/c13-9(4-11(16)17)12(18)8-5-15-10-2-1-6(14)3-7(8)10/h1-3,5,9,15H,4H2,(H,16,17). The number of carbonyl (C=O) groups is 2. The highest BCUT2D eigenvalue weighted by molar-refractivity contribution is 9.10. The number of H-pyrrole nitrogens is 1. The third-order valence-corrected chi connectivity index (χ3v) is 3.29. The van der Waals surface area contributed by atoms with Gasteiger partial charge in [0.15, 0.2) is 5.78 Å². The van der Waals surface area contributed by atoms with E-state index in [1.807, 2.05) is 0 Å². The lowest BCUT2D eigenvalue weighted by Crippen LogP contribution is -2.17. The van der Waals surface area contributed by atoms with E-state index in [0.29, 0.717) is 10.9 Å². The number of hydrogen-bond donors (Lipinski definition) is 2. The predicted octanol–water partition coefficient (Wildman–Crippen LogP) is 2.73. The van der Waals surface area contributed by atoms with Crippen molar-refractivity contribution in [2.24, 2.45) is 0 Å². The molecule has 0 aliphatic rings. The van der Waals surface area contributed by atoms with Crippen molar-refractivity contribution in [2.75, 3.05) is 0 Å². The first-order valence-electron chi connectivity index (χ1n) is 5.15. The summed E-state index contributed by atoms with van der Waals surface area (Å²) in [4.78, 5) is 24.6. The van der Waals surface area contributed by atoms with Crippen LogP contribution in [-0.2, 0) is 4.79 Å². The minimum Gasteiger partial charge on any atom is -0.481 e. The van der Waals surface area contributed by atoms with Crippen molar-refractivity contribution in [3.05, 3.63) is 35.8 Å². The molecule has 1 aromatic carbocycles. The molecule has 0 aliphatic carbocycles. The molecule has 1 unspecified atom stereocenters. The van der Waals surface area contributed by atoms with Crippen molar-refractivity contribution in [1.29, 1.82) is 0 Å². The summed E-state index contributed by atoms with van der Waals surface area (Å²) in [7, 11) is 0. The van der Waals surface area contributed by atoms with Crippen LogP contribution < -0.4 is 0 Å². The summed E-state index contributed by atoms with van der Waals surface area (Å²) >= 11 is 3.03. The second-order valence-corrected chi connectivity index (χ2v) is 4.93. The Morgan fingerprint density at radius 1 is 1.44 bits per heavy atom. The first kappa shape index (κ1) is 12.8. The Bertz CT molecular complexity index is 623. The van der Waals surface area contributed by atoms with Crippen molar-refractivity contribution in [3.63, 3.8) is 0 Å². The van der Waals surface area contributed by atoms with Crippen LogP contribution in [0.4, 0.5) is 4.39 Å². The topological polar surface area (TPSA) is 70.2 Å². The van der Waals surface area contributed by atoms with Crippen LogP contribution in [0.1, 0.15) is 16.8 Å². The van der Waals surface area contributed by atoms with E-state index in [-0.39, 0.29) is 17.8 Å². The van der Waals surface area contributed by atoms with Gasteiger partial charge in [0.1, 0.15) is 5.82 Å². The van der Waals surface area contributed by atoms with Crippen molar-refractivity contribution >= 4 is 38.6 Å². The number of nitrogens with one attached hydrogen (secondary N) is 1. The van der Waals surface area contributed by atoms with E-state index in [4.69, 9.17) is 5.11 Å². The van der Waals surface area contributed by atoms with Gasteiger partial charge in [0, 0.05) is 22.7 Å². The molecule has 94 valence electrons. The summed E-state index contributed by atoms with van der Waals surface area (Å²) in [5.41, 5.74) is 0.919. The molecule has 1 atom stereocenters. The number of carbonyl (C=O) groups excluding carboxylic acids is 1. The van der Waals surface area contributed by atoms with Gasteiger partial charge in [0.25, 0.3) is 0 Å². The Balaban J connectivity index is 2.38. The minimum atomic E-state index is -1.07. The third-order valence-electron chi connectivity index (χ3n) is 2.55. The fourth-order valence-electron chi connectivity index (χ4n) is 1.71. The number of Topliss-reactive ketones (excluding diaryl/α,β-unsaturated/α-hetero) is 1. The molecule has 2 N–H and O–H groups in total. The number of aromatic amines is 1. The highest BCUT2D eigenvalue weighted by Crippen LogP contribution is 2.23. The monoisotopic (exact) mass is 313 g/mol. The van der Waals surface area contributed by atoms with Gasteiger partial charge in [-0.1, -0.05) is 15.9 Å². The fourth-order valence-corrected chi connectivity index (χ4v) is 2.24. The molecular formula is C12H9BrFNO3. The highest BCUT2D eigenvalue weighted by atomic mass is 79.9. The first-order chi connectivity index (χ1) is 8.49. The SMILES string of the molecule is O=C(O)CC(Br)C(=O)c1c[nH]c2ccc(F)cc12. The van der Waals surface area contributed by atoms with Crippen molar-refractivity contribution in [2.45, 2.75) is 11.2 Å². The normalized spacial score (nSPS) is 12.6. The molecule has 1 heterocycles. The Hall–Kier alpha value is -1.69. The minimum absolute atomic E-state index is 0.285. The molecule has 0 amide bonds. The Kier molecular flexibility index (Phi) is 3.47. The Labute approximate surface area is 110 Å². The van der Waals surface area contributed by atoms with E-state index in [0.717, 1.165) is 0 Å². The molecular weight excluding hydrogens is 305 g/mol. The van der Waals surface area contributed by atoms with Gasteiger partial charge in [-0.2, -0.15) is 0 Å². The van der Waals surface area contributed by atoms with Gasteiger partial charge in [-0.3, -0.25) is 9.59 Å². The average Bonchev–Trinajstić information content (AvgIpc) is 2.69. The number of halogens is 2. The van der Waals surface area contributed by atoms with Gasteiger partial charge in [-0.25, -0.2) is 4.39 Å². The molecule has 0 saturated carbocycles. The number of aromatic nitrogens is 1. The summed E-state index contributed by atoms with van der Waals surface area (Å²) < 4.78 is 13.1. The zero-order valence-corrected chi connectivity index (χ0v) is 10.7. The lowest BCUT2D eigenvalue weighted by atomic mass is 10.1. The second kappa shape index (κ2) is 4.89. The van der Waals surface area contributed by atoms with Crippen LogP contribution in [0, 0.1) is 5.82 Å². The Morgan fingerprint density at radius 3 is 2.83 bits per heavy atom. The maximum absolute atomic E-state index is 13.1. The largest absolute Gasteiger partial charge is 0.481 e. The van der Waals surface area contributed by atoms with Crippen LogP contribution in [0.5, 0.6) is 0 Å². The lowest BCUT2D eigenvalue weighted by Gasteiger charge is -2.04. The molecule has 0 bridgehead atoms. The van der Waals surface area contributed by atoms with E-state index in [1.165, 1.54) is 24.4 Å². The number of carboxylic acid groups (broad SMARTS) is 1. The van der Waals surface area contributed by atoms with Crippen molar-refractivity contribution < 1.29 is 19.1 Å². The maximum Gasteiger partial charge on any atom is 0.304 e. The molecule has 0 fully saturated rings. The van der Waals surface area contributed by atoms with Gasteiger partial charge in [-0.15, -0.1) is 0 Å². The van der Waals surface area contributed by atoms with Crippen LogP contribution in [0.15, 0.2) is 24.4 Å². The van der Waals surface area contributed by atoms with Crippen LogP contribution in [-0.4, -0.2) is 26.7 Å². The van der Waals surface area contributed by atoms with E-state index in [9.17, 15) is 14.0 Å². The predicted molar refractivity (Wildman–Crippen MR) is 67.6 cm³/mol. The molecule has 4 nitrogen and oxygen atoms in total. The lowest BCUT2D eigenvalue weighted by molar-refractivity contribution is -0.136. The number of hydrogen-bond acceptors (Lipinski definition) is 2. The molecule has 2 rings (SSSR count). The molecule has 1 aromatic heterocycles. The van der Waals surface area contributed by atoms with Crippen molar-refractivity contribution in [3.8, 4) is 0 Å². The van der Waals surface area contributed by atoms with Crippen LogP contribution in [0.2, 0.25) is 0 Å². The fraction of sp³-hybridized carbons (Fsp3) is 0.167. The van der Waals surface area contributed by atoms with Crippen LogP contribution >= 0.6 is 15.9 Å². The maximum atomic E-state index is 13.1. The van der Waals surface area contributed by atoms with Crippen molar-refractivity contribution in [1.82, 2.24) is 4.98 Å². The number of fused-ring (bicyclic) bond motifs is 1. The van der Waals surface area contributed by atoms with Crippen LogP contribution in [0.3, 0.4) is 0 Å². The summed E-state index contributed by atoms with van der Waals surface area (Å²) in [6.07, 6.45) is 1.14. The average molecular weight is 314 g/mol. The van der Waals surface area contributed by atoms with E-state index in [1.54, 1.807) is 0 Å². The number of rotatable bonds is 4. The van der Waals surface area contributed by atoms with Gasteiger partial charge in [-0.05, 0) is 18.2 Å². The van der Waals surface area contributed by atoms with E-state index < -0.39 is 16.6 Å². The summed E-state index contributed by atoms with van der Waals surface area (Å²) in [6.45, 7) is 0. The molecule has 0 radical (unpaired) electrons. The Morgan fingerprint density at radius 2 is 2.17 bits per heavy atom. The second-order valence-electron chi connectivity index (χ2n) is 3.82. The van der Waals surface area contributed by atoms with Gasteiger partial charge in [0.2, 0.25) is 0 Å². The number of benzene rings is 1. The molecule has 6 heteroatoms. The quantitative estimate of drug-likeness (QED) is 0.673. The molecule has 0 spiro atoms. The number of aliphatic carboxylic acids is 1. The summed E-state index contributed by atoms with van der Waals surface area (Å²) in [5.74, 6) is -1.90. The summed E-state index contributed by atoms with van der Waals surface area (Å²) in [6, 6.07) is 4.07. The zero-order chi connectivity index (χ0) is 13.3. The number of ketones is 1. The van der Waals surface area contributed by atoms with E-state index in [2.05, 4.69) is 20.9 Å². The zero-order valence-electron chi connectivity index (χ0n) is 9.11. The molecule has 18 heavy (non-hydrogen) atoms. The third kappa shape index (κ3) is 2.43. The van der Waals surface area contributed by atoms with E-state index >= 15 is 0 Å². The number of alkyl halides is 1. The van der Waals surface area contributed by atoms with Gasteiger partial charge < -0.3 is 10.1 Å². The molecule has 0 saturated heterocycles. The number of carboxylic acids is 1. The smallest absolute Gasteiger partial charge is 0.304 e. The van der Waals surface area contributed by atoms with Gasteiger partial charge >= 0.3 is 5.97 Å². The van der Waals surface area contributed by atoms with Gasteiger partial charge in [0.05, 0.1) is 11.2 Å². The molecule has 2 aromatic rings.